The van der Waals surface area contributed by atoms with Crippen LogP contribution in [0, 0.1) is 28.6 Å². The van der Waals surface area contributed by atoms with Crippen LogP contribution in [0.5, 0.6) is 0 Å². The predicted octanol–water partition coefficient (Wildman–Crippen LogP) is 2.46. The summed E-state index contributed by atoms with van der Waals surface area (Å²) in [4.78, 5) is 4.45. The van der Waals surface area contributed by atoms with Crippen molar-refractivity contribution in [1.82, 2.24) is 10.1 Å². The molecule has 1 aromatic heterocycles. The van der Waals surface area contributed by atoms with Crippen molar-refractivity contribution in [3.05, 3.63) is 11.7 Å². The Morgan fingerprint density at radius 3 is 2.69 bits per heavy atom. The molecule has 0 aliphatic heterocycles. The number of hydrogen-bond donors (Lipinski definition) is 0. The normalized spacial score (nSPS) is 39.1. The second-order valence-electron chi connectivity index (χ2n) is 5.72. The highest BCUT2D eigenvalue weighted by atomic mass is 16.5. The molecule has 1 aromatic rings. The Balaban J connectivity index is 1.82. The highest BCUT2D eigenvalue weighted by Crippen LogP contribution is 2.63. The molecule has 2 aliphatic rings. The first-order valence-corrected chi connectivity index (χ1v) is 5.79. The molecule has 4 nitrogen and oxygen atoms in total. The fraction of sp³-hybridized carbons (Fsp3) is 0.750. The maximum atomic E-state index is 9.00. The van der Waals surface area contributed by atoms with Crippen molar-refractivity contribution in [3.63, 3.8) is 0 Å². The minimum absolute atomic E-state index is 0.00623. The average molecular weight is 217 g/mol. The van der Waals surface area contributed by atoms with Crippen LogP contribution >= 0.6 is 0 Å². The van der Waals surface area contributed by atoms with E-state index in [2.05, 4.69) is 37.0 Å². The number of hydrogen-bond acceptors (Lipinski definition) is 4. The third kappa shape index (κ3) is 1.21. The lowest BCUT2D eigenvalue weighted by atomic mass is 10.1. The van der Waals surface area contributed by atoms with Gasteiger partial charge in [-0.25, -0.2) is 0 Å². The van der Waals surface area contributed by atoms with E-state index in [9.17, 15) is 0 Å². The molecule has 0 radical (unpaired) electrons. The molecule has 0 bridgehead atoms. The number of rotatable bonds is 2. The highest BCUT2D eigenvalue weighted by molar-refractivity contribution is 5.26. The molecule has 4 unspecified atom stereocenters. The van der Waals surface area contributed by atoms with Gasteiger partial charge >= 0.3 is 0 Å². The van der Waals surface area contributed by atoms with Crippen LogP contribution in [-0.4, -0.2) is 10.1 Å². The van der Waals surface area contributed by atoms with Crippen molar-refractivity contribution in [2.75, 3.05) is 0 Å². The molecule has 16 heavy (non-hydrogen) atoms. The first-order valence-electron chi connectivity index (χ1n) is 5.79. The summed E-state index contributed by atoms with van der Waals surface area (Å²) in [6, 6.07) is 2.31. The third-order valence-electron chi connectivity index (χ3n) is 4.13. The summed E-state index contributed by atoms with van der Waals surface area (Å²) in [5, 5.41) is 13.0. The Hall–Kier alpha value is -1.37. The van der Waals surface area contributed by atoms with Crippen LogP contribution in [-0.2, 0) is 0 Å². The molecule has 2 fully saturated rings. The molecule has 4 atom stereocenters. The summed E-state index contributed by atoms with van der Waals surface area (Å²) in [7, 11) is 0. The minimum atomic E-state index is -0.00623. The van der Waals surface area contributed by atoms with Gasteiger partial charge in [-0.3, -0.25) is 0 Å². The van der Waals surface area contributed by atoms with Crippen LogP contribution in [0.4, 0.5) is 0 Å². The van der Waals surface area contributed by atoms with Crippen LogP contribution in [0.2, 0.25) is 0 Å². The maximum absolute atomic E-state index is 9.00. The first kappa shape index (κ1) is 9.83. The Morgan fingerprint density at radius 1 is 1.50 bits per heavy atom. The molecule has 0 amide bonds. The standard InChI is InChI=1S/C12H15N3O/c1-6-4-7(6)10-14-11(16-15-10)9-8(5-13)12(9,2)3/h6-9H,4H2,1-3H3. The molecule has 4 heteroatoms. The van der Waals surface area contributed by atoms with E-state index in [1.807, 2.05) is 0 Å². The van der Waals surface area contributed by atoms with E-state index in [-0.39, 0.29) is 17.3 Å². The fourth-order valence-corrected chi connectivity index (χ4v) is 2.55. The van der Waals surface area contributed by atoms with E-state index in [0.717, 1.165) is 12.2 Å². The van der Waals surface area contributed by atoms with Crippen molar-refractivity contribution < 1.29 is 4.52 Å². The number of aromatic nitrogens is 2. The summed E-state index contributed by atoms with van der Waals surface area (Å²) >= 11 is 0. The van der Waals surface area contributed by atoms with Crippen LogP contribution in [0.3, 0.4) is 0 Å². The van der Waals surface area contributed by atoms with Crippen molar-refractivity contribution in [1.29, 1.82) is 5.26 Å². The SMILES string of the molecule is CC1CC1c1noc(C2C(C#N)C2(C)C)n1. The van der Waals surface area contributed by atoms with Gasteiger partial charge in [0.1, 0.15) is 0 Å². The Morgan fingerprint density at radius 2 is 2.19 bits per heavy atom. The van der Waals surface area contributed by atoms with Crippen LogP contribution in [0.25, 0.3) is 0 Å². The monoisotopic (exact) mass is 217 g/mol. The van der Waals surface area contributed by atoms with Crippen LogP contribution in [0.1, 0.15) is 50.7 Å². The molecular formula is C12H15N3O. The highest BCUT2D eigenvalue weighted by Gasteiger charge is 2.62. The van der Waals surface area contributed by atoms with E-state index in [4.69, 9.17) is 9.78 Å². The molecule has 2 saturated carbocycles. The molecular weight excluding hydrogens is 202 g/mol. The quantitative estimate of drug-likeness (QED) is 0.763. The lowest BCUT2D eigenvalue weighted by Gasteiger charge is -1.95. The second kappa shape index (κ2) is 2.85. The van der Waals surface area contributed by atoms with Crippen LogP contribution < -0.4 is 0 Å². The maximum Gasteiger partial charge on any atom is 0.231 e. The van der Waals surface area contributed by atoms with E-state index in [0.29, 0.717) is 17.7 Å². The van der Waals surface area contributed by atoms with Gasteiger partial charge in [-0.2, -0.15) is 10.2 Å². The van der Waals surface area contributed by atoms with Crippen molar-refractivity contribution in [2.45, 2.75) is 39.0 Å². The van der Waals surface area contributed by atoms with Gasteiger partial charge in [0.15, 0.2) is 5.82 Å². The molecule has 3 rings (SSSR count). The van der Waals surface area contributed by atoms with E-state index in [1.165, 1.54) is 0 Å². The minimum Gasteiger partial charge on any atom is -0.339 e. The van der Waals surface area contributed by atoms with Gasteiger partial charge in [0.2, 0.25) is 5.89 Å². The lowest BCUT2D eigenvalue weighted by molar-refractivity contribution is 0.362. The topological polar surface area (TPSA) is 62.7 Å². The van der Waals surface area contributed by atoms with Crippen LogP contribution in [0.15, 0.2) is 4.52 Å². The lowest BCUT2D eigenvalue weighted by Crippen LogP contribution is -1.91. The Kier molecular flexibility index (Phi) is 1.75. The molecule has 84 valence electrons. The van der Waals surface area contributed by atoms with Crippen molar-refractivity contribution >= 4 is 0 Å². The first-order chi connectivity index (χ1) is 7.55. The summed E-state index contributed by atoms with van der Waals surface area (Å²) in [6.45, 7) is 6.35. The average Bonchev–Trinajstić information content (AvgIpc) is 2.99. The third-order valence-corrected chi connectivity index (χ3v) is 4.13. The Labute approximate surface area is 94.6 Å². The zero-order chi connectivity index (χ0) is 11.5. The van der Waals surface area contributed by atoms with E-state index in [1.54, 1.807) is 0 Å². The zero-order valence-corrected chi connectivity index (χ0v) is 9.77. The smallest absolute Gasteiger partial charge is 0.231 e. The fourth-order valence-electron chi connectivity index (χ4n) is 2.55. The van der Waals surface area contributed by atoms with Gasteiger partial charge < -0.3 is 4.52 Å². The molecule has 0 aromatic carbocycles. The van der Waals surface area contributed by atoms with E-state index < -0.39 is 0 Å². The Bertz CT molecular complexity index is 471. The van der Waals surface area contributed by atoms with Gasteiger partial charge in [0.25, 0.3) is 0 Å². The molecule has 0 N–H and O–H groups in total. The molecule has 2 aliphatic carbocycles. The van der Waals surface area contributed by atoms with Gasteiger partial charge in [0.05, 0.1) is 17.9 Å². The molecule has 0 spiro atoms. The molecule has 1 heterocycles. The second-order valence-corrected chi connectivity index (χ2v) is 5.72. The number of nitriles is 1. The summed E-state index contributed by atoms with van der Waals surface area (Å²) < 4.78 is 5.29. The number of nitrogens with zero attached hydrogens (tertiary/aromatic N) is 3. The summed E-state index contributed by atoms with van der Waals surface area (Å²) in [6.07, 6.45) is 1.16. The van der Waals surface area contributed by atoms with Crippen molar-refractivity contribution in [3.8, 4) is 6.07 Å². The van der Waals surface area contributed by atoms with Gasteiger partial charge in [0, 0.05) is 5.92 Å². The largest absolute Gasteiger partial charge is 0.339 e. The zero-order valence-electron chi connectivity index (χ0n) is 9.77. The van der Waals surface area contributed by atoms with Gasteiger partial charge in [-0.05, 0) is 17.8 Å². The predicted molar refractivity (Wildman–Crippen MR) is 56.4 cm³/mol. The van der Waals surface area contributed by atoms with Crippen molar-refractivity contribution in [2.24, 2.45) is 17.3 Å². The van der Waals surface area contributed by atoms with Gasteiger partial charge in [-0.1, -0.05) is 25.9 Å². The van der Waals surface area contributed by atoms with Gasteiger partial charge in [-0.15, -0.1) is 0 Å². The van der Waals surface area contributed by atoms with E-state index >= 15 is 0 Å². The summed E-state index contributed by atoms with van der Waals surface area (Å²) in [5.41, 5.74) is -0.00623. The summed E-state index contributed by atoms with van der Waals surface area (Å²) in [5.74, 6) is 2.82. The molecule has 0 saturated heterocycles.